The quantitative estimate of drug-likeness (QED) is 0.734. The number of nitrogens with zero attached hydrogens (tertiary/aromatic N) is 1. The van der Waals surface area contributed by atoms with Gasteiger partial charge >= 0.3 is 0 Å². The minimum Gasteiger partial charge on any atom is -0.318 e. The lowest BCUT2D eigenvalue weighted by atomic mass is 10.2. The Labute approximate surface area is 104 Å². The molecule has 2 aromatic heterocycles. The molecular weight excluding hydrogens is 228 g/mol. The Balaban J connectivity index is 1.88. The molecule has 0 bridgehead atoms. The lowest BCUT2D eigenvalue weighted by Gasteiger charge is -2.14. The smallest absolute Gasteiger partial charge is 0.0738 e. The first-order valence-electron chi connectivity index (χ1n) is 5.71. The van der Waals surface area contributed by atoms with Crippen LogP contribution in [0.3, 0.4) is 0 Å². The van der Waals surface area contributed by atoms with E-state index in [0.717, 1.165) is 0 Å². The minimum absolute atomic E-state index is 0.319. The van der Waals surface area contributed by atoms with Crippen LogP contribution in [0.2, 0.25) is 0 Å². The molecular formula is C14H14N2S. The highest BCUT2D eigenvalue weighted by Gasteiger charge is 2.08. The second-order valence-corrected chi connectivity index (χ2v) is 5.24. The van der Waals surface area contributed by atoms with Crippen molar-refractivity contribution in [2.75, 3.05) is 5.43 Å². The van der Waals surface area contributed by atoms with Gasteiger partial charge in [-0.1, -0.05) is 18.2 Å². The Morgan fingerprint density at radius 1 is 1.12 bits per heavy atom. The molecule has 3 aromatic rings. The number of hydrogen-bond acceptors (Lipinski definition) is 2. The predicted molar refractivity (Wildman–Crippen MR) is 74.0 cm³/mol. The van der Waals surface area contributed by atoms with Crippen LogP contribution in [-0.2, 0) is 0 Å². The highest BCUT2D eigenvalue weighted by atomic mass is 32.1. The summed E-state index contributed by atoms with van der Waals surface area (Å²) in [6, 6.07) is 15.1. The molecule has 1 atom stereocenters. The van der Waals surface area contributed by atoms with Crippen LogP contribution in [0.25, 0.3) is 10.1 Å². The van der Waals surface area contributed by atoms with Gasteiger partial charge in [-0.3, -0.25) is 4.68 Å². The van der Waals surface area contributed by atoms with Crippen molar-refractivity contribution < 1.29 is 0 Å². The summed E-state index contributed by atoms with van der Waals surface area (Å²) in [4.78, 5) is 1.36. The van der Waals surface area contributed by atoms with Crippen LogP contribution in [0.1, 0.15) is 17.8 Å². The molecule has 0 aliphatic carbocycles. The third kappa shape index (κ3) is 2.06. The summed E-state index contributed by atoms with van der Waals surface area (Å²) in [5.41, 5.74) is 3.43. The topological polar surface area (TPSA) is 17.0 Å². The number of aromatic nitrogens is 1. The van der Waals surface area contributed by atoms with Gasteiger partial charge in [0.1, 0.15) is 0 Å². The van der Waals surface area contributed by atoms with E-state index in [2.05, 4.69) is 42.7 Å². The molecule has 0 radical (unpaired) electrons. The lowest BCUT2D eigenvalue weighted by Crippen LogP contribution is -2.15. The fourth-order valence-electron chi connectivity index (χ4n) is 1.92. The number of fused-ring (bicyclic) bond motifs is 1. The van der Waals surface area contributed by atoms with Crippen molar-refractivity contribution in [3.05, 3.63) is 59.7 Å². The molecule has 1 N–H and O–H groups in total. The van der Waals surface area contributed by atoms with Gasteiger partial charge in [0.05, 0.1) is 6.04 Å². The van der Waals surface area contributed by atoms with Crippen molar-refractivity contribution in [1.29, 1.82) is 0 Å². The van der Waals surface area contributed by atoms with Gasteiger partial charge in [-0.25, -0.2) is 0 Å². The van der Waals surface area contributed by atoms with E-state index in [1.54, 1.807) is 0 Å². The van der Waals surface area contributed by atoms with Crippen LogP contribution in [0.15, 0.2) is 54.9 Å². The summed E-state index contributed by atoms with van der Waals surface area (Å²) in [7, 11) is 0. The molecule has 0 amide bonds. The van der Waals surface area contributed by atoms with Crippen molar-refractivity contribution in [3.63, 3.8) is 0 Å². The van der Waals surface area contributed by atoms with Gasteiger partial charge in [0, 0.05) is 22.0 Å². The van der Waals surface area contributed by atoms with Crippen LogP contribution in [0.5, 0.6) is 0 Å². The van der Waals surface area contributed by atoms with E-state index in [0.29, 0.717) is 6.04 Å². The van der Waals surface area contributed by atoms with Crippen molar-refractivity contribution in [3.8, 4) is 0 Å². The Bertz CT molecular complexity index is 577. The van der Waals surface area contributed by atoms with Crippen molar-refractivity contribution in [2.24, 2.45) is 0 Å². The Kier molecular flexibility index (Phi) is 2.61. The first-order chi connectivity index (χ1) is 8.33. The number of rotatable bonds is 3. The third-order valence-electron chi connectivity index (χ3n) is 2.82. The molecule has 2 heterocycles. The molecule has 0 saturated carbocycles. The van der Waals surface area contributed by atoms with Gasteiger partial charge in [0.15, 0.2) is 0 Å². The van der Waals surface area contributed by atoms with E-state index in [1.165, 1.54) is 15.0 Å². The summed E-state index contributed by atoms with van der Waals surface area (Å²) in [5.74, 6) is 0. The zero-order valence-electron chi connectivity index (χ0n) is 9.63. The van der Waals surface area contributed by atoms with Crippen LogP contribution in [-0.4, -0.2) is 4.68 Å². The SMILES string of the molecule is CC(Nn1cccc1)c1cc2ccccc2s1. The van der Waals surface area contributed by atoms with Crippen molar-refractivity contribution >= 4 is 21.4 Å². The maximum absolute atomic E-state index is 3.43. The van der Waals surface area contributed by atoms with Gasteiger partial charge in [-0.05, 0) is 36.6 Å². The van der Waals surface area contributed by atoms with Crippen LogP contribution in [0.4, 0.5) is 0 Å². The van der Waals surface area contributed by atoms with Crippen molar-refractivity contribution in [1.82, 2.24) is 4.68 Å². The van der Waals surface area contributed by atoms with Gasteiger partial charge in [-0.15, -0.1) is 11.3 Å². The number of hydrogen-bond donors (Lipinski definition) is 1. The molecule has 0 aliphatic rings. The fraction of sp³-hybridized carbons (Fsp3) is 0.143. The molecule has 0 aliphatic heterocycles. The van der Waals surface area contributed by atoms with E-state index >= 15 is 0 Å². The molecule has 0 saturated heterocycles. The Morgan fingerprint density at radius 2 is 1.88 bits per heavy atom. The first kappa shape index (κ1) is 10.4. The molecule has 1 aromatic carbocycles. The van der Waals surface area contributed by atoms with Crippen LogP contribution in [0, 0.1) is 0 Å². The van der Waals surface area contributed by atoms with Gasteiger partial charge in [0.2, 0.25) is 0 Å². The lowest BCUT2D eigenvalue weighted by molar-refractivity contribution is 0.739. The second kappa shape index (κ2) is 4.26. The van der Waals surface area contributed by atoms with Gasteiger partial charge < -0.3 is 5.43 Å². The molecule has 0 fully saturated rings. The number of thiophene rings is 1. The number of benzene rings is 1. The van der Waals surface area contributed by atoms with Gasteiger partial charge in [-0.2, -0.15) is 0 Å². The Hall–Kier alpha value is -1.74. The molecule has 3 rings (SSSR count). The van der Waals surface area contributed by atoms with Crippen LogP contribution >= 0.6 is 11.3 Å². The van der Waals surface area contributed by atoms with E-state index < -0.39 is 0 Å². The average Bonchev–Trinajstić information content (AvgIpc) is 2.96. The second-order valence-electron chi connectivity index (χ2n) is 4.13. The molecule has 0 spiro atoms. The standard InChI is InChI=1S/C14H14N2S/c1-11(15-16-8-4-5-9-16)14-10-12-6-2-3-7-13(12)17-14/h2-11,15H,1H3. The summed E-state index contributed by atoms with van der Waals surface area (Å²) in [5, 5.41) is 1.33. The van der Waals surface area contributed by atoms with E-state index in [1.807, 2.05) is 40.5 Å². The monoisotopic (exact) mass is 242 g/mol. The molecule has 2 nitrogen and oxygen atoms in total. The highest BCUT2D eigenvalue weighted by Crippen LogP contribution is 2.29. The largest absolute Gasteiger partial charge is 0.318 e. The van der Waals surface area contributed by atoms with Crippen molar-refractivity contribution in [2.45, 2.75) is 13.0 Å². The summed E-state index contributed by atoms with van der Waals surface area (Å²) < 4.78 is 3.35. The zero-order valence-corrected chi connectivity index (χ0v) is 10.4. The summed E-state index contributed by atoms with van der Waals surface area (Å²) >= 11 is 1.85. The average molecular weight is 242 g/mol. The molecule has 86 valence electrons. The zero-order chi connectivity index (χ0) is 11.7. The summed E-state index contributed by atoms with van der Waals surface area (Å²) in [6.45, 7) is 2.19. The van der Waals surface area contributed by atoms with E-state index in [-0.39, 0.29) is 0 Å². The fourth-order valence-corrected chi connectivity index (χ4v) is 2.98. The normalized spacial score (nSPS) is 12.8. The number of nitrogens with one attached hydrogen (secondary N) is 1. The highest BCUT2D eigenvalue weighted by molar-refractivity contribution is 7.19. The van der Waals surface area contributed by atoms with Gasteiger partial charge in [0.25, 0.3) is 0 Å². The summed E-state index contributed by atoms with van der Waals surface area (Å²) in [6.07, 6.45) is 4.04. The van der Waals surface area contributed by atoms with Crippen LogP contribution < -0.4 is 5.43 Å². The predicted octanol–water partition coefficient (Wildman–Crippen LogP) is 4.01. The maximum atomic E-state index is 3.43. The van der Waals surface area contributed by atoms with E-state index in [4.69, 9.17) is 0 Å². The Morgan fingerprint density at radius 3 is 2.65 bits per heavy atom. The molecule has 3 heteroatoms. The van der Waals surface area contributed by atoms with E-state index in [9.17, 15) is 0 Å². The third-order valence-corrected chi connectivity index (χ3v) is 4.12. The maximum Gasteiger partial charge on any atom is 0.0738 e. The molecule has 1 unspecified atom stereocenters. The first-order valence-corrected chi connectivity index (χ1v) is 6.52. The molecule has 17 heavy (non-hydrogen) atoms. The minimum atomic E-state index is 0.319.